The molecule has 4 bridgehead atoms. The molecule has 2 aromatic carbocycles. The van der Waals surface area contributed by atoms with Crippen molar-refractivity contribution in [3.05, 3.63) is 65.8 Å². The minimum Gasteiger partial charge on any atom is -0.504 e. The third-order valence-corrected chi connectivity index (χ3v) is 20.4. The summed E-state index contributed by atoms with van der Waals surface area (Å²) in [4.78, 5) is 20.5. The molecule has 0 radical (unpaired) electrons. The van der Waals surface area contributed by atoms with Crippen molar-refractivity contribution in [1.82, 2.24) is 10.6 Å². The zero-order valence-electron chi connectivity index (χ0n) is 46.2. The maximum atomic E-state index is 15.8. The Morgan fingerprint density at radius 1 is 0.987 bits per heavy atom. The smallest absolute Gasteiger partial charge is 0.207 e. The van der Waals surface area contributed by atoms with Crippen molar-refractivity contribution in [2.75, 3.05) is 46.3 Å². The molecule has 416 valence electrons. The highest BCUT2D eigenvalue weighted by Crippen LogP contribution is 2.66. The quantitative estimate of drug-likeness (QED) is 0.0510. The number of methoxy groups -OCH3 is 1. The number of phenols is 1. The molecule has 6 aliphatic carbocycles. The number of nitrogens with zero attached hydrogens (tertiary/aromatic N) is 1. The summed E-state index contributed by atoms with van der Waals surface area (Å²) in [6, 6.07) is 13.2. The number of phenolic OH excluding ortho intramolecular Hbond substituents is 1. The number of allylic oxidation sites excluding steroid dienone is 4. The third kappa shape index (κ3) is 10.9. The summed E-state index contributed by atoms with van der Waals surface area (Å²) in [5.74, 6) is 10.5. The number of carbonyl (C=O) groups is 1. The predicted octanol–water partition coefficient (Wildman–Crippen LogP) is 9.71. The first-order chi connectivity index (χ1) is 37.4. The van der Waals surface area contributed by atoms with E-state index in [0.717, 1.165) is 101 Å². The lowest BCUT2D eigenvalue weighted by Gasteiger charge is -2.58. The summed E-state index contributed by atoms with van der Waals surface area (Å²) in [7, 11) is 5.26. The number of nitrogens with one attached hydrogen (secondary N) is 3. The number of aromatic hydroxyl groups is 1. The van der Waals surface area contributed by atoms with Crippen LogP contribution in [0.3, 0.4) is 0 Å². The summed E-state index contributed by atoms with van der Waals surface area (Å²) in [5.41, 5.74) is 0.394. The van der Waals surface area contributed by atoms with Crippen molar-refractivity contribution in [3.63, 3.8) is 0 Å². The second-order valence-electron chi connectivity index (χ2n) is 24.5. The highest BCUT2D eigenvalue weighted by Gasteiger charge is 2.61. The lowest BCUT2D eigenvalue weighted by molar-refractivity contribution is -0.197. The number of ether oxygens (including phenoxy) is 4. The van der Waals surface area contributed by atoms with E-state index in [9.17, 15) is 20.4 Å². The van der Waals surface area contributed by atoms with E-state index in [4.69, 9.17) is 23.9 Å². The number of ketones is 1. The van der Waals surface area contributed by atoms with Crippen LogP contribution >= 0.6 is 0 Å². The number of hydrogen-bond donors (Lipinski definition) is 7. The molecule has 2 aromatic rings. The van der Waals surface area contributed by atoms with Crippen LogP contribution in [0.25, 0.3) is 0 Å². The average molecular weight is 1060 g/mol. The molecule has 5 saturated carbocycles. The number of aliphatic hydroxyl groups excluding tert-OH is 3. The van der Waals surface area contributed by atoms with Crippen molar-refractivity contribution in [1.29, 1.82) is 0 Å². The van der Waals surface area contributed by atoms with E-state index in [1.165, 1.54) is 0 Å². The van der Waals surface area contributed by atoms with Gasteiger partial charge in [-0.05, 0) is 192 Å². The van der Waals surface area contributed by atoms with E-state index >= 15 is 4.79 Å². The summed E-state index contributed by atoms with van der Waals surface area (Å²) in [6.45, 7) is 3.01. The highest BCUT2D eigenvalue weighted by atomic mass is 16.6. The lowest BCUT2D eigenvalue weighted by Crippen LogP contribution is -2.54. The molecule has 0 saturated heterocycles. The standard InChI is InChI=1S/C64H86N4O9/c1-5-42-18-20-48-49(16-11-30-69)51-17-9-27-64(51)47-36-53(59-56(37-47)76-62(41-65-2)39-44(13-12-32-75-59)45(40-62)35-58(73)77-61(28-31-70)24-6-7-25-61)68-60(66-3)67-29-10-15-46-14-8-26-63(46,57(72)23-21-52(64)50(48)33-42)38-43-19-22-54(71)55(34-43)74-4/h18-23,34,36-37,42,44-46,48-52,58,65,69-71,73H,5-9,11,13-17,24-28,30-31,33,35,38-41H2,1-4H3,(H2,66,67,68). The molecule has 0 amide bonds. The van der Waals surface area contributed by atoms with Gasteiger partial charge in [-0.3, -0.25) is 15.1 Å². The van der Waals surface area contributed by atoms with Crippen molar-refractivity contribution in [2.45, 2.75) is 165 Å². The van der Waals surface area contributed by atoms with E-state index in [1.54, 1.807) is 20.2 Å². The van der Waals surface area contributed by atoms with E-state index in [0.29, 0.717) is 92.2 Å². The normalized spacial score (nSPS) is 34.7. The maximum Gasteiger partial charge on any atom is 0.207 e. The van der Waals surface area contributed by atoms with Crippen LogP contribution in [0.1, 0.15) is 146 Å². The fraction of sp³-hybridized carbons (Fsp3) is 0.656. The van der Waals surface area contributed by atoms with Crippen LogP contribution in [-0.4, -0.2) is 90.6 Å². The van der Waals surface area contributed by atoms with Crippen molar-refractivity contribution in [2.24, 2.45) is 63.7 Å². The summed E-state index contributed by atoms with van der Waals surface area (Å²) in [6.07, 6.45) is 28.2. The zero-order chi connectivity index (χ0) is 53.8. The molecule has 7 N–H and O–H groups in total. The Bertz CT molecular complexity index is 2660. The van der Waals surface area contributed by atoms with Gasteiger partial charge in [-0.1, -0.05) is 68.7 Å². The maximum absolute atomic E-state index is 15.8. The van der Waals surface area contributed by atoms with Gasteiger partial charge in [0.2, 0.25) is 11.7 Å². The third-order valence-electron chi connectivity index (χ3n) is 20.4. The number of fused-ring (bicyclic) bond motifs is 9. The topological polar surface area (TPSA) is 183 Å². The van der Waals surface area contributed by atoms with Gasteiger partial charge in [0.1, 0.15) is 11.7 Å². The Balaban J connectivity index is 1.12. The summed E-state index contributed by atoms with van der Waals surface area (Å²) < 4.78 is 26.4. The fourth-order valence-corrected chi connectivity index (χ4v) is 17.0. The number of aliphatic imine (C=N–C) groups is 1. The first-order valence-electron chi connectivity index (χ1n) is 29.4. The fourth-order valence-electron chi connectivity index (χ4n) is 17.0. The van der Waals surface area contributed by atoms with Gasteiger partial charge in [-0.2, -0.15) is 0 Å². The number of guanidine groups is 1. The number of benzene rings is 2. The van der Waals surface area contributed by atoms with Gasteiger partial charge in [0.15, 0.2) is 29.3 Å². The Hall–Kier alpha value is -5.02. The number of likely N-dealkylation sites (N-methyl/N-ethyl adjacent to an activating group) is 1. The molecule has 77 heavy (non-hydrogen) atoms. The SMILES string of the molecule is CCC1C=CC2C(C1)C1C=CC(=O)C3(Cc4ccc(O)c(OC)c4)CCCC3CC#CNC(=NC)Nc3cc(cc4c3OC#CCC3CC(CNC)(CC3CC(O)OC3(CCO)CCCC3)O4)C13CCCC3C2CCCO. The van der Waals surface area contributed by atoms with Gasteiger partial charge >= 0.3 is 0 Å². The van der Waals surface area contributed by atoms with E-state index in [2.05, 4.69) is 77.2 Å². The molecule has 13 nitrogen and oxygen atoms in total. The molecule has 1 spiro atoms. The van der Waals surface area contributed by atoms with E-state index in [-0.39, 0.29) is 66.2 Å². The Morgan fingerprint density at radius 3 is 2.61 bits per heavy atom. The molecular formula is C64H86N4O9. The van der Waals surface area contributed by atoms with Crippen molar-refractivity contribution >= 4 is 17.4 Å². The van der Waals surface area contributed by atoms with E-state index in [1.807, 2.05) is 25.3 Å². The first kappa shape index (κ1) is 55.3. The van der Waals surface area contributed by atoms with Crippen LogP contribution in [0.2, 0.25) is 0 Å². The van der Waals surface area contributed by atoms with Gasteiger partial charge in [0, 0.05) is 62.9 Å². The summed E-state index contributed by atoms with van der Waals surface area (Å²) in [5, 5.41) is 53.3. The molecule has 13 atom stereocenters. The van der Waals surface area contributed by atoms with Gasteiger partial charge in [0.05, 0.1) is 18.4 Å². The molecule has 13 unspecified atom stereocenters. The minimum absolute atomic E-state index is 0.0101. The predicted molar refractivity (Wildman–Crippen MR) is 299 cm³/mol. The second kappa shape index (κ2) is 23.7. The number of aliphatic hydroxyl groups is 3. The first-order valence-corrected chi connectivity index (χ1v) is 29.4. The monoisotopic (exact) mass is 1050 g/mol. The Morgan fingerprint density at radius 2 is 1.83 bits per heavy atom. The Labute approximate surface area is 457 Å². The lowest BCUT2D eigenvalue weighted by atomic mass is 9.46. The molecule has 0 aromatic heterocycles. The second-order valence-corrected chi connectivity index (χ2v) is 24.5. The number of hydrogen-bond acceptors (Lipinski definition) is 11. The average Bonchev–Trinajstić information content (AvgIpc) is 4.43. The molecule has 13 heteroatoms. The molecule has 5 fully saturated rings. The van der Waals surface area contributed by atoms with Crippen LogP contribution in [-0.2, 0) is 21.4 Å². The minimum atomic E-state index is -0.985. The summed E-state index contributed by atoms with van der Waals surface area (Å²) >= 11 is 0. The molecule has 8 aliphatic rings. The van der Waals surface area contributed by atoms with Gasteiger partial charge < -0.3 is 50.0 Å². The van der Waals surface area contributed by atoms with Crippen LogP contribution < -0.4 is 30.2 Å². The molecule has 10 rings (SSSR count). The molecule has 2 aliphatic heterocycles. The van der Waals surface area contributed by atoms with Gasteiger partial charge in [-0.25, -0.2) is 0 Å². The van der Waals surface area contributed by atoms with Crippen LogP contribution in [0.4, 0.5) is 5.69 Å². The molecule has 2 heterocycles. The largest absolute Gasteiger partial charge is 0.504 e. The molecular weight excluding hydrogens is 969 g/mol. The van der Waals surface area contributed by atoms with Crippen molar-refractivity contribution < 1.29 is 44.2 Å². The van der Waals surface area contributed by atoms with Gasteiger partial charge in [-0.15, -0.1) is 0 Å². The number of rotatable bonds is 15. The van der Waals surface area contributed by atoms with Crippen molar-refractivity contribution in [3.8, 4) is 47.0 Å². The number of carbonyl (C=O) groups excluding carboxylic acids is 1. The Kier molecular flexibility index (Phi) is 17.1. The van der Waals surface area contributed by atoms with E-state index < -0.39 is 28.3 Å². The van der Waals surface area contributed by atoms with Crippen LogP contribution in [0.15, 0.2) is 59.6 Å². The highest BCUT2D eigenvalue weighted by molar-refractivity contribution is 5.97. The zero-order valence-corrected chi connectivity index (χ0v) is 46.2. The van der Waals surface area contributed by atoms with Crippen LogP contribution in [0, 0.1) is 82.7 Å². The van der Waals surface area contributed by atoms with Crippen LogP contribution in [0.5, 0.6) is 23.0 Å². The number of anilines is 1. The van der Waals surface area contributed by atoms with Gasteiger partial charge in [0.25, 0.3) is 0 Å².